The van der Waals surface area contributed by atoms with E-state index in [1.807, 2.05) is 6.26 Å². The van der Waals surface area contributed by atoms with E-state index < -0.39 is 7.14 Å². The van der Waals surface area contributed by atoms with E-state index in [9.17, 15) is 4.57 Å². The molecule has 0 N–H and O–H groups in total. The average molecular weight is 264 g/mol. The summed E-state index contributed by atoms with van der Waals surface area (Å²) in [5.74, 6) is 0.500. The molecule has 88 valence electrons. The van der Waals surface area contributed by atoms with Crippen molar-refractivity contribution in [3.05, 3.63) is 0 Å². The van der Waals surface area contributed by atoms with Crippen LogP contribution < -0.4 is 0 Å². The second-order valence-corrected chi connectivity index (χ2v) is 11.3. The maximum absolute atomic E-state index is 13.1. The van der Waals surface area contributed by atoms with Crippen molar-refractivity contribution >= 4 is 35.3 Å². The van der Waals surface area contributed by atoms with E-state index in [-0.39, 0.29) is 10.3 Å². The minimum Gasteiger partial charge on any atom is -0.322 e. The van der Waals surface area contributed by atoms with Crippen LogP contribution in [-0.4, -0.2) is 26.9 Å². The van der Waals surface area contributed by atoms with E-state index in [1.54, 1.807) is 11.8 Å². The van der Waals surface area contributed by atoms with Crippen molar-refractivity contribution in [2.45, 2.75) is 44.9 Å². The fraction of sp³-hybridized carbons (Fsp3) is 0.909. The molecule has 0 amide bonds. The molecule has 0 saturated carbocycles. The standard InChI is InChI=1S/C11H21OPS2/c1-8-10(2,3)13(12,11(8,4)5)7-9(14)15-6/h8H,7H2,1-6H3. The van der Waals surface area contributed by atoms with Gasteiger partial charge in [-0.05, 0) is 12.2 Å². The molecular weight excluding hydrogens is 243 g/mol. The Morgan fingerprint density at radius 1 is 1.33 bits per heavy atom. The SMILES string of the molecule is CSC(=S)CP1(=O)C(C)(C)C(C)C1(C)C. The van der Waals surface area contributed by atoms with Gasteiger partial charge in [-0.25, -0.2) is 0 Å². The van der Waals surface area contributed by atoms with E-state index in [1.165, 1.54) is 0 Å². The van der Waals surface area contributed by atoms with Crippen LogP contribution in [0.25, 0.3) is 0 Å². The van der Waals surface area contributed by atoms with Crippen molar-refractivity contribution in [1.29, 1.82) is 0 Å². The summed E-state index contributed by atoms with van der Waals surface area (Å²) in [5.41, 5.74) is 0. The second-order valence-electron chi connectivity index (χ2n) is 5.50. The van der Waals surface area contributed by atoms with Gasteiger partial charge in [0.15, 0.2) is 0 Å². The maximum Gasteiger partial charge on any atom is 0.104 e. The molecule has 0 unspecified atom stereocenters. The Bertz CT molecular complexity index is 313. The molecule has 0 aromatic heterocycles. The molecule has 1 fully saturated rings. The van der Waals surface area contributed by atoms with Gasteiger partial charge in [0.25, 0.3) is 0 Å². The first-order valence-electron chi connectivity index (χ1n) is 5.27. The molecule has 0 radical (unpaired) electrons. The highest BCUT2D eigenvalue weighted by Crippen LogP contribution is 2.81. The highest BCUT2D eigenvalue weighted by molar-refractivity contribution is 8.23. The number of rotatable bonds is 2. The lowest BCUT2D eigenvalue weighted by Gasteiger charge is -2.63. The first-order chi connectivity index (χ1) is 6.61. The zero-order valence-electron chi connectivity index (χ0n) is 10.5. The summed E-state index contributed by atoms with van der Waals surface area (Å²) < 4.78 is 13.9. The lowest BCUT2D eigenvalue weighted by atomic mass is 9.83. The van der Waals surface area contributed by atoms with Gasteiger partial charge in [0.1, 0.15) is 7.14 Å². The highest BCUT2D eigenvalue weighted by Gasteiger charge is 2.67. The predicted molar refractivity (Wildman–Crippen MR) is 75.9 cm³/mol. The van der Waals surface area contributed by atoms with Gasteiger partial charge in [0, 0.05) is 16.5 Å². The van der Waals surface area contributed by atoms with E-state index in [2.05, 4.69) is 34.6 Å². The quantitative estimate of drug-likeness (QED) is 0.548. The van der Waals surface area contributed by atoms with Crippen molar-refractivity contribution in [3.8, 4) is 0 Å². The van der Waals surface area contributed by atoms with Crippen LogP contribution in [0.5, 0.6) is 0 Å². The summed E-state index contributed by atoms with van der Waals surface area (Å²) in [7, 11) is -2.19. The summed E-state index contributed by atoms with van der Waals surface area (Å²) in [6.07, 6.45) is 2.60. The van der Waals surface area contributed by atoms with E-state index >= 15 is 0 Å². The van der Waals surface area contributed by atoms with Crippen LogP contribution in [0, 0.1) is 5.92 Å². The minimum atomic E-state index is -2.19. The van der Waals surface area contributed by atoms with E-state index in [4.69, 9.17) is 12.2 Å². The molecule has 0 aromatic carbocycles. The van der Waals surface area contributed by atoms with Gasteiger partial charge in [-0.1, -0.05) is 46.8 Å². The van der Waals surface area contributed by atoms with Gasteiger partial charge in [-0.2, -0.15) is 0 Å². The molecule has 1 aliphatic rings. The van der Waals surface area contributed by atoms with Crippen molar-refractivity contribution < 1.29 is 4.57 Å². The molecule has 1 rings (SSSR count). The van der Waals surface area contributed by atoms with Crippen LogP contribution in [0.15, 0.2) is 0 Å². The number of thiocarbonyl (C=S) groups is 1. The number of hydrogen-bond donors (Lipinski definition) is 0. The molecule has 4 heteroatoms. The number of hydrogen-bond acceptors (Lipinski definition) is 3. The molecule has 0 aromatic rings. The first kappa shape index (κ1) is 13.7. The van der Waals surface area contributed by atoms with Crippen LogP contribution in [0.4, 0.5) is 0 Å². The topological polar surface area (TPSA) is 17.1 Å². The monoisotopic (exact) mass is 264 g/mol. The molecule has 1 nitrogen and oxygen atoms in total. The van der Waals surface area contributed by atoms with E-state index in [0.717, 1.165) is 4.20 Å². The largest absolute Gasteiger partial charge is 0.322 e. The fourth-order valence-corrected chi connectivity index (χ4v) is 8.78. The third-order valence-electron chi connectivity index (χ3n) is 4.56. The Kier molecular flexibility index (Phi) is 3.53. The van der Waals surface area contributed by atoms with Crippen LogP contribution in [-0.2, 0) is 4.57 Å². The molecule has 15 heavy (non-hydrogen) atoms. The van der Waals surface area contributed by atoms with E-state index in [0.29, 0.717) is 12.1 Å². The second kappa shape index (κ2) is 3.85. The van der Waals surface area contributed by atoms with Gasteiger partial charge in [0.05, 0.1) is 4.20 Å². The van der Waals surface area contributed by atoms with Crippen molar-refractivity contribution in [1.82, 2.24) is 0 Å². The normalized spacial score (nSPS) is 37.1. The van der Waals surface area contributed by atoms with Gasteiger partial charge < -0.3 is 4.57 Å². The number of thioether (sulfide) groups is 1. The fourth-order valence-electron chi connectivity index (χ4n) is 2.82. The Morgan fingerprint density at radius 3 is 2.07 bits per heavy atom. The first-order valence-corrected chi connectivity index (χ1v) is 8.80. The van der Waals surface area contributed by atoms with Crippen LogP contribution >= 0.6 is 31.1 Å². The van der Waals surface area contributed by atoms with Gasteiger partial charge in [-0.3, -0.25) is 0 Å². The van der Waals surface area contributed by atoms with Gasteiger partial charge >= 0.3 is 0 Å². The third kappa shape index (κ3) is 1.66. The highest BCUT2D eigenvalue weighted by atomic mass is 32.2. The van der Waals surface area contributed by atoms with Gasteiger partial charge in [-0.15, -0.1) is 11.8 Å². The molecule has 0 atom stereocenters. The Balaban J connectivity index is 3.02. The summed E-state index contributed by atoms with van der Waals surface area (Å²) in [5, 5.41) is -0.0907. The Hall–Kier alpha value is 0.670. The third-order valence-corrected chi connectivity index (χ3v) is 11.5. The molecule has 0 spiro atoms. The molecule has 0 bridgehead atoms. The predicted octanol–water partition coefficient (Wildman–Crippen LogP) is 4.25. The zero-order chi connectivity index (χ0) is 12.1. The summed E-state index contributed by atoms with van der Waals surface area (Å²) in [4.78, 5) is 0. The molecule has 1 aliphatic heterocycles. The summed E-state index contributed by atoms with van der Waals surface area (Å²) in [6, 6.07) is 0. The smallest absolute Gasteiger partial charge is 0.104 e. The molecule has 0 aliphatic carbocycles. The van der Waals surface area contributed by atoms with Crippen molar-refractivity contribution in [2.75, 3.05) is 12.4 Å². The minimum absolute atomic E-state index is 0.0453. The summed E-state index contributed by atoms with van der Waals surface area (Å²) >= 11 is 6.80. The van der Waals surface area contributed by atoms with Crippen LogP contribution in [0.3, 0.4) is 0 Å². The average Bonchev–Trinajstić information content (AvgIpc) is 2.15. The Labute approximate surface area is 103 Å². The van der Waals surface area contributed by atoms with Crippen molar-refractivity contribution in [2.24, 2.45) is 5.92 Å². The molecule has 1 saturated heterocycles. The zero-order valence-corrected chi connectivity index (χ0v) is 13.0. The van der Waals surface area contributed by atoms with Gasteiger partial charge in [0.2, 0.25) is 0 Å². The Morgan fingerprint density at radius 2 is 1.73 bits per heavy atom. The van der Waals surface area contributed by atoms with Crippen LogP contribution in [0.2, 0.25) is 0 Å². The summed E-state index contributed by atoms with van der Waals surface area (Å²) in [6.45, 7) is 10.7. The lowest BCUT2D eigenvalue weighted by Crippen LogP contribution is -2.58. The molecule has 1 heterocycles. The van der Waals surface area contributed by atoms with Crippen LogP contribution in [0.1, 0.15) is 34.6 Å². The molecular formula is C11H21OPS2. The van der Waals surface area contributed by atoms with Crippen molar-refractivity contribution in [3.63, 3.8) is 0 Å². The lowest BCUT2D eigenvalue weighted by molar-refractivity contribution is 0.271. The maximum atomic E-state index is 13.1.